The molecule has 1 aromatic heterocycles. The fourth-order valence-corrected chi connectivity index (χ4v) is 3.83. The first kappa shape index (κ1) is 22.0. The third-order valence-electron chi connectivity index (χ3n) is 3.96. The van der Waals surface area contributed by atoms with Crippen LogP contribution in [0.25, 0.3) is 0 Å². The third kappa shape index (κ3) is 6.67. The Bertz CT molecular complexity index is 964. The van der Waals surface area contributed by atoms with Crippen molar-refractivity contribution in [3.8, 4) is 5.75 Å². The van der Waals surface area contributed by atoms with Gasteiger partial charge in [-0.2, -0.15) is 0 Å². The molecule has 0 atom stereocenters. The van der Waals surface area contributed by atoms with E-state index in [0.29, 0.717) is 23.3 Å². The number of hydrogen-bond donors (Lipinski definition) is 2. The average Bonchev–Trinajstić information content (AvgIpc) is 3.10. The molecule has 0 saturated carbocycles. The average molecular weight is 448 g/mol. The van der Waals surface area contributed by atoms with Gasteiger partial charge in [0.15, 0.2) is 5.82 Å². The molecule has 158 valence electrons. The highest BCUT2D eigenvalue weighted by Gasteiger charge is 2.13. The molecule has 0 aliphatic carbocycles. The Morgan fingerprint density at radius 3 is 2.60 bits per heavy atom. The van der Waals surface area contributed by atoms with Crippen LogP contribution in [-0.2, 0) is 11.4 Å². The van der Waals surface area contributed by atoms with Crippen molar-refractivity contribution in [1.82, 2.24) is 20.2 Å². The number of nitrogen functional groups attached to an aromatic ring is 1. The molecule has 3 rings (SSSR count). The number of carbonyl (C=O) groups excluding carboxylic acids is 1. The van der Waals surface area contributed by atoms with Gasteiger partial charge in [-0.05, 0) is 43.3 Å². The summed E-state index contributed by atoms with van der Waals surface area (Å²) in [5.74, 6) is 7.40. The van der Waals surface area contributed by atoms with E-state index in [1.54, 1.807) is 11.8 Å². The number of aryl methyl sites for hydroxylation is 1. The minimum atomic E-state index is -0.338. The minimum Gasteiger partial charge on any atom is -0.486 e. The van der Waals surface area contributed by atoms with E-state index < -0.39 is 0 Å². The quantitative estimate of drug-likeness (QED) is 0.280. The van der Waals surface area contributed by atoms with E-state index in [9.17, 15) is 9.18 Å². The summed E-state index contributed by atoms with van der Waals surface area (Å²) in [7, 11) is 0. The lowest BCUT2D eigenvalue weighted by Gasteiger charge is -2.07. The molecule has 0 fully saturated rings. The van der Waals surface area contributed by atoms with Crippen molar-refractivity contribution in [2.24, 2.45) is 0 Å². The van der Waals surface area contributed by atoms with Crippen LogP contribution in [0, 0.1) is 12.7 Å². The summed E-state index contributed by atoms with van der Waals surface area (Å²) >= 11 is 2.89. The summed E-state index contributed by atoms with van der Waals surface area (Å²) in [5.41, 5.74) is 1.22. The summed E-state index contributed by atoms with van der Waals surface area (Å²) in [6, 6.07) is 13.9. The van der Waals surface area contributed by atoms with Gasteiger partial charge in [0.05, 0.1) is 5.75 Å². The van der Waals surface area contributed by atoms with Gasteiger partial charge in [0.1, 0.15) is 18.2 Å². The SMILES string of the molecule is Cc1ccc(SCCNC(=O)CSc2nnc(COc3ccc(F)cc3)n2N)cc1. The van der Waals surface area contributed by atoms with Gasteiger partial charge in [-0.15, -0.1) is 22.0 Å². The molecule has 3 aromatic rings. The Hall–Kier alpha value is -2.72. The number of hydrogen-bond acceptors (Lipinski definition) is 7. The fraction of sp³-hybridized carbons (Fsp3) is 0.250. The highest BCUT2D eigenvalue weighted by Crippen LogP contribution is 2.18. The van der Waals surface area contributed by atoms with Crippen LogP contribution in [0.15, 0.2) is 58.6 Å². The van der Waals surface area contributed by atoms with E-state index in [1.165, 1.54) is 51.2 Å². The van der Waals surface area contributed by atoms with Gasteiger partial charge < -0.3 is 15.9 Å². The lowest BCUT2D eigenvalue weighted by Crippen LogP contribution is -2.27. The van der Waals surface area contributed by atoms with Crippen LogP contribution in [0.3, 0.4) is 0 Å². The molecule has 0 unspecified atom stereocenters. The van der Waals surface area contributed by atoms with Crippen LogP contribution < -0.4 is 15.9 Å². The Balaban J connectivity index is 1.37. The maximum absolute atomic E-state index is 12.9. The highest BCUT2D eigenvalue weighted by atomic mass is 32.2. The van der Waals surface area contributed by atoms with Crippen molar-refractivity contribution in [2.45, 2.75) is 23.6 Å². The van der Waals surface area contributed by atoms with E-state index in [-0.39, 0.29) is 24.1 Å². The van der Waals surface area contributed by atoms with Crippen molar-refractivity contribution >= 4 is 29.4 Å². The van der Waals surface area contributed by atoms with Crippen molar-refractivity contribution < 1.29 is 13.9 Å². The molecule has 2 aromatic carbocycles. The van der Waals surface area contributed by atoms with Gasteiger partial charge in [-0.25, -0.2) is 9.07 Å². The van der Waals surface area contributed by atoms with Crippen molar-refractivity contribution in [3.05, 3.63) is 65.7 Å². The molecular formula is C20H22FN5O2S2. The first-order valence-electron chi connectivity index (χ1n) is 9.18. The van der Waals surface area contributed by atoms with E-state index in [4.69, 9.17) is 10.6 Å². The number of amides is 1. The highest BCUT2D eigenvalue weighted by molar-refractivity contribution is 7.99. The van der Waals surface area contributed by atoms with Gasteiger partial charge in [0.2, 0.25) is 11.1 Å². The fourth-order valence-electron chi connectivity index (χ4n) is 2.36. The number of nitrogens with one attached hydrogen (secondary N) is 1. The number of nitrogens with zero attached hydrogens (tertiary/aromatic N) is 3. The van der Waals surface area contributed by atoms with Gasteiger partial charge in [0, 0.05) is 17.2 Å². The summed E-state index contributed by atoms with van der Waals surface area (Å²) in [6.45, 7) is 2.71. The Labute approximate surface area is 182 Å². The standard InChI is InChI=1S/C20H22FN5O2S2/c1-14-2-8-17(9-3-14)29-11-10-23-19(27)13-30-20-25-24-18(26(20)22)12-28-16-6-4-15(21)5-7-16/h2-9H,10-13,22H2,1H3,(H,23,27). The summed E-state index contributed by atoms with van der Waals surface area (Å²) in [4.78, 5) is 13.2. The van der Waals surface area contributed by atoms with Crippen LogP contribution in [-0.4, -0.2) is 38.8 Å². The Morgan fingerprint density at radius 1 is 1.13 bits per heavy atom. The van der Waals surface area contributed by atoms with Crippen LogP contribution >= 0.6 is 23.5 Å². The van der Waals surface area contributed by atoms with E-state index in [0.717, 1.165) is 5.75 Å². The molecule has 0 aliphatic rings. The number of thioether (sulfide) groups is 2. The first-order valence-corrected chi connectivity index (χ1v) is 11.1. The normalized spacial score (nSPS) is 10.7. The predicted octanol–water partition coefficient (Wildman–Crippen LogP) is 3.02. The number of nitrogens with two attached hydrogens (primary N) is 1. The second-order valence-electron chi connectivity index (χ2n) is 6.31. The smallest absolute Gasteiger partial charge is 0.230 e. The first-order chi connectivity index (χ1) is 14.5. The second-order valence-corrected chi connectivity index (χ2v) is 8.42. The zero-order valence-electron chi connectivity index (χ0n) is 16.4. The van der Waals surface area contributed by atoms with Crippen LogP contribution in [0.1, 0.15) is 11.4 Å². The van der Waals surface area contributed by atoms with E-state index in [1.807, 2.05) is 0 Å². The largest absolute Gasteiger partial charge is 0.486 e. The Kier molecular flexibility index (Phi) is 7.97. The number of halogens is 1. The monoisotopic (exact) mass is 447 g/mol. The number of aromatic nitrogens is 3. The predicted molar refractivity (Wildman–Crippen MR) is 117 cm³/mol. The van der Waals surface area contributed by atoms with Crippen LogP contribution in [0.5, 0.6) is 5.75 Å². The molecule has 0 saturated heterocycles. The molecule has 0 bridgehead atoms. The Morgan fingerprint density at radius 2 is 1.87 bits per heavy atom. The van der Waals surface area contributed by atoms with Crippen molar-refractivity contribution in [1.29, 1.82) is 0 Å². The summed E-state index contributed by atoms with van der Waals surface area (Å²) in [6.07, 6.45) is 0. The molecule has 0 spiro atoms. The molecule has 3 N–H and O–H groups in total. The zero-order chi connectivity index (χ0) is 21.3. The molecular weight excluding hydrogens is 425 g/mol. The molecule has 0 aliphatic heterocycles. The van der Waals surface area contributed by atoms with Crippen LogP contribution in [0.4, 0.5) is 4.39 Å². The van der Waals surface area contributed by atoms with Gasteiger partial charge in [-0.1, -0.05) is 29.5 Å². The third-order valence-corrected chi connectivity index (χ3v) is 5.92. The lowest BCUT2D eigenvalue weighted by molar-refractivity contribution is -0.118. The van der Waals surface area contributed by atoms with Crippen molar-refractivity contribution in [3.63, 3.8) is 0 Å². The lowest BCUT2D eigenvalue weighted by atomic mass is 10.2. The van der Waals surface area contributed by atoms with Crippen LogP contribution in [0.2, 0.25) is 0 Å². The zero-order valence-corrected chi connectivity index (χ0v) is 18.0. The molecule has 0 radical (unpaired) electrons. The van der Waals surface area contributed by atoms with E-state index >= 15 is 0 Å². The van der Waals surface area contributed by atoms with Gasteiger partial charge in [0.25, 0.3) is 0 Å². The molecule has 1 amide bonds. The number of rotatable bonds is 10. The topological polar surface area (TPSA) is 95.1 Å². The minimum absolute atomic E-state index is 0.0815. The van der Waals surface area contributed by atoms with Crippen molar-refractivity contribution in [2.75, 3.05) is 23.9 Å². The molecule has 7 nitrogen and oxygen atoms in total. The van der Waals surface area contributed by atoms with Gasteiger partial charge in [-0.3, -0.25) is 4.79 Å². The maximum Gasteiger partial charge on any atom is 0.230 e. The maximum atomic E-state index is 12.9. The summed E-state index contributed by atoms with van der Waals surface area (Å²) in [5, 5.41) is 11.3. The second kappa shape index (κ2) is 10.9. The summed E-state index contributed by atoms with van der Waals surface area (Å²) < 4.78 is 19.7. The number of ether oxygens (including phenoxy) is 1. The number of benzene rings is 2. The molecule has 1 heterocycles. The van der Waals surface area contributed by atoms with E-state index in [2.05, 4.69) is 46.7 Å². The molecule has 10 heteroatoms. The number of carbonyl (C=O) groups is 1. The molecule has 30 heavy (non-hydrogen) atoms. The van der Waals surface area contributed by atoms with Gasteiger partial charge >= 0.3 is 0 Å².